The Balaban J connectivity index is 1.38. The Bertz CT molecular complexity index is 1580. The predicted molar refractivity (Wildman–Crippen MR) is 153 cm³/mol. The highest BCUT2D eigenvalue weighted by atomic mass is 32.2. The summed E-state index contributed by atoms with van der Waals surface area (Å²) in [7, 11) is -2.15. The Morgan fingerprint density at radius 1 is 1.05 bits per heavy atom. The fourth-order valence-electron chi connectivity index (χ4n) is 5.24. The van der Waals surface area contributed by atoms with Gasteiger partial charge in [0.2, 0.25) is 15.9 Å². The largest absolute Gasteiger partial charge is 0.369 e. The van der Waals surface area contributed by atoms with Gasteiger partial charge >= 0.3 is 0 Å². The number of anilines is 2. The zero-order valence-electron chi connectivity index (χ0n) is 23.2. The lowest BCUT2D eigenvalue weighted by molar-refractivity contribution is -0.116. The fourth-order valence-corrected chi connectivity index (χ4v) is 6.69. The van der Waals surface area contributed by atoms with Crippen LogP contribution in [0, 0.1) is 11.6 Å². The third-order valence-electron chi connectivity index (χ3n) is 7.60. The van der Waals surface area contributed by atoms with Crippen LogP contribution in [-0.4, -0.2) is 85.8 Å². The van der Waals surface area contributed by atoms with Crippen molar-refractivity contribution in [3.8, 4) is 0 Å². The Morgan fingerprint density at radius 2 is 1.76 bits per heavy atom. The van der Waals surface area contributed by atoms with Crippen molar-refractivity contribution < 1.29 is 26.8 Å². The van der Waals surface area contributed by atoms with Crippen molar-refractivity contribution in [2.45, 2.75) is 30.7 Å². The van der Waals surface area contributed by atoms with Gasteiger partial charge in [0.05, 0.1) is 22.7 Å². The predicted octanol–water partition coefficient (Wildman–Crippen LogP) is 1.90. The van der Waals surface area contributed by atoms with Gasteiger partial charge in [-0.1, -0.05) is 0 Å². The van der Waals surface area contributed by atoms with Crippen LogP contribution in [0.5, 0.6) is 0 Å². The number of H-pyrrole nitrogens is 1. The highest BCUT2D eigenvalue weighted by molar-refractivity contribution is 7.89. The van der Waals surface area contributed by atoms with Crippen LogP contribution in [0.1, 0.15) is 33.7 Å². The van der Waals surface area contributed by atoms with Crippen LogP contribution in [0.3, 0.4) is 0 Å². The van der Waals surface area contributed by atoms with Gasteiger partial charge in [-0.15, -0.1) is 0 Å². The molecule has 3 heterocycles. The molecule has 4 N–H and O–H groups in total. The maximum absolute atomic E-state index is 13.8. The summed E-state index contributed by atoms with van der Waals surface area (Å²) in [5.74, 6) is -2.61. The highest BCUT2D eigenvalue weighted by Crippen LogP contribution is 2.30. The van der Waals surface area contributed by atoms with Crippen LogP contribution in [0.25, 0.3) is 0 Å². The van der Waals surface area contributed by atoms with E-state index < -0.39 is 26.6 Å². The normalized spacial score (nSPS) is 16.3. The third-order valence-corrected chi connectivity index (χ3v) is 9.43. The van der Waals surface area contributed by atoms with Gasteiger partial charge in [-0.05, 0) is 37.4 Å². The summed E-state index contributed by atoms with van der Waals surface area (Å²) in [4.78, 5) is 30.0. The molecule has 3 aromatic rings. The van der Waals surface area contributed by atoms with Gasteiger partial charge in [-0.2, -0.15) is 9.40 Å². The number of aromatic nitrogens is 2. The van der Waals surface area contributed by atoms with E-state index in [0.717, 1.165) is 48.3 Å². The number of likely N-dealkylation sites (N-methyl/N-ethyl adjacent to an activating group) is 1. The molecule has 2 aliphatic rings. The molecule has 0 radical (unpaired) electrons. The number of carbonyl (C=O) groups is 2. The molecule has 1 aromatic heterocycles. The number of rotatable bonds is 9. The van der Waals surface area contributed by atoms with Crippen LogP contribution >= 0.6 is 0 Å². The molecule has 11 nitrogen and oxygen atoms in total. The standard InChI is InChI=1S/C28H33F2N7O4S/c1-35-8-10-36(11-9-35)20-2-3-22(25(15-20)32-28(39)4-6-31)27(38)16-26-23-17-37(7-5-24(23)33-34-26)42(40,41)21-13-18(29)12-19(30)14-21/h2-3,12-15H,4-11,16-17,31H2,1H3,(H,32,39)(H,33,34). The van der Waals surface area contributed by atoms with Crippen molar-refractivity contribution in [3.05, 3.63) is 70.5 Å². The molecule has 42 heavy (non-hydrogen) atoms. The molecular formula is C28H33F2N7O4S. The number of amides is 1. The van der Waals surface area contributed by atoms with Crippen molar-refractivity contribution >= 4 is 33.1 Å². The minimum Gasteiger partial charge on any atom is -0.369 e. The number of ketones is 1. The van der Waals surface area contributed by atoms with E-state index >= 15 is 0 Å². The summed E-state index contributed by atoms with van der Waals surface area (Å²) in [6, 6.07) is 7.49. The van der Waals surface area contributed by atoms with E-state index in [1.54, 1.807) is 12.1 Å². The van der Waals surface area contributed by atoms with Gasteiger partial charge in [0.15, 0.2) is 5.78 Å². The number of aromatic amines is 1. The maximum atomic E-state index is 13.8. The van der Waals surface area contributed by atoms with Crippen LogP contribution in [0.15, 0.2) is 41.3 Å². The van der Waals surface area contributed by atoms with Crippen molar-refractivity contribution in [1.82, 2.24) is 19.4 Å². The van der Waals surface area contributed by atoms with Gasteiger partial charge in [-0.3, -0.25) is 14.7 Å². The lowest BCUT2D eigenvalue weighted by atomic mass is 9.99. The van der Waals surface area contributed by atoms with Crippen molar-refractivity contribution in [2.75, 3.05) is 56.5 Å². The Hall–Kier alpha value is -3.72. The SMILES string of the molecule is CN1CCN(c2ccc(C(=O)Cc3n[nH]c4c3CN(S(=O)(=O)c3cc(F)cc(F)c3)CC4)c(NC(=O)CCN)c2)CC1. The quantitative estimate of drug-likeness (QED) is 0.316. The number of nitrogens with one attached hydrogen (secondary N) is 2. The number of fused-ring (bicyclic) bond motifs is 1. The second-order valence-corrected chi connectivity index (χ2v) is 12.5. The van der Waals surface area contributed by atoms with Crippen molar-refractivity contribution in [1.29, 1.82) is 0 Å². The van der Waals surface area contributed by atoms with Gasteiger partial charge < -0.3 is 20.9 Å². The first-order valence-corrected chi connectivity index (χ1v) is 15.1. The van der Waals surface area contributed by atoms with Gasteiger partial charge in [-0.25, -0.2) is 17.2 Å². The molecule has 2 aliphatic heterocycles. The lowest BCUT2D eigenvalue weighted by Crippen LogP contribution is -2.44. The Kier molecular flexibility index (Phi) is 8.68. The maximum Gasteiger partial charge on any atom is 0.243 e. The smallest absolute Gasteiger partial charge is 0.243 e. The van der Waals surface area contributed by atoms with Crippen LogP contribution in [0.4, 0.5) is 20.2 Å². The minimum absolute atomic E-state index is 0.0775. The molecule has 1 fully saturated rings. The van der Waals surface area contributed by atoms with Crippen LogP contribution in [0.2, 0.25) is 0 Å². The second kappa shape index (κ2) is 12.3. The number of Topliss-reactive ketones (excluding diaryl/α,β-unsaturated/α-hetero) is 1. The first-order chi connectivity index (χ1) is 20.0. The molecule has 0 bridgehead atoms. The van der Waals surface area contributed by atoms with E-state index in [2.05, 4.69) is 32.4 Å². The summed E-state index contributed by atoms with van der Waals surface area (Å²) in [5.41, 5.74) is 8.70. The van der Waals surface area contributed by atoms with Crippen LogP contribution < -0.4 is 16.0 Å². The van der Waals surface area contributed by atoms with Gasteiger partial charge in [0, 0.05) is 87.2 Å². The average molecular weight is 602 g/mol. The van der Waals surface area contributed by atoms with E-state index in [1.807, 2.05) is 6.07 Å². The molecule has 1 amide bonds. The number of benzene rings is 2. The fraction of sp³-hybridized carbons (Fsp3) is 0.393. The zero-order chi connectivity index (χ0) is 30.0. The number of hydrogen-bond donors (Lipinski definition) is 3. The molecule has 0 aliphatic carbocycles. The number of sulfonamides is 1. The molecule has 224 valence electrons. The van der Waals surface area contributed by atoms with Crippen molar-refractivity contribution in [2.24, 2.45) is 5.73 Å². The molecule has 0 spiro atoms. The van der Waals surface area contributed by atoms with E-state index in [9.17, 15) is 26.8 Å². The minimum atomic E-state index is -4.21. The molecule has 1 saturated heterocycles. The summed E-state index contributed by atoms with van der Waals surface area (Å²) in [6.45, 7) is 3.52. The molecule has 14 heteroatoms. The summed E-state index contributed by atoms with van der Waals surface area (Å²) in [6.07, 6.45) is 0.231. The summed E-state index contributed by atoms with van der Waals surface area (Å²) < 4.78 is 55.1. The third kappa shape index (κ3) is 6.36. The highest BCUT2D eigenvalue weighted by Gasteiger charge is 2.32. The Labute approximate surface area is 242 Å². The van der Waals surface area contributed by atoms with Crippen LogP contribution in [-0.2, 0) is 34.2 Å². The number of hydrogen-bond acceptors (Lipinski definition) is 8. The molecular weight excluding hydrogens is 568 g/mol. The number of nitrogens with two attached hydrogens (primary N) is 1. The average Bonchev–Trinajstić information content (AvgIpc) is 3.34. The molecule has 2 aromatic carbocycles. The van der Waals surface area contributed by atoms with Gasteiger partial charge in [0.25, 0.3) is 0 Å². The van der Waals surface area contributed by atoms with E-state index in [4.69, 9.17) is 5.73 Å². The molecule has 0 atom stereocenters. The second-order valence-electron chi connectivity index (χ2n) is 10.5. The first kappa shape index (κ1) is 29.8. The van der Waals surface area contributed by atoms with Crippen molar-refractivity contribution in [3.63, 3.8) is 0 Å². The molecule has 0 saturated carbocycles. The first-order valence-electron chi connectivity index (χ1n) is 13.7. The van der Waals surface area contributed by atoms with E-state index in [0.29, 0.717) is 34.3 Å². The number of nitrogens with zero attached hydrogens (tertiary/aromatic N) is 4. The molecule has 5 rings (SSSR count). The Morgan fingerprint density at radius 3 is 2.45 bits per heavy atom. The number of carbonyl (C=O) groups excluding carboxylic acids is 2. The number of halogens is 2. The zero-order valence-corrected chi connectivity index (χ0v) is 24.0. The topological polar surface area (TPSA) is 145 Å². The monoisotopic (exact) mass is 601 g/mol. The lowest BCUT2D eigenvalue weighted by Gasteiger charge is -2.34. The van der Waals surface area contributed by atoms with E-state index in [1.165, 1.54) is 0 Å². The number of piperazine rings is 1. The summed E-state index contributed by atoms with van der Waals surface area (Å²) in [5, 5.41) is 10.0. The van der Waals surface area contributed by atoms with Gasteiger partial charge in [0.1, 0.15) is 11.6 Å². The summed E-state index contributed by atoms with van der Waals surface area (Å²) >= 11 is 0. The molecule has 0 unspecified atom stereocenters. The van der Waals surface area contributed by atoms with E-state index in [-0.39, 0.29) is 50.6 Å².